The number of aromatic nitrogens is 1. The number of nitrogens with one attached hydrogen (secondary N) is 1. The largest absolute Gasteiger partial charge is 0.467 e. The standard InChI is InChI=1S/C19H18N4O6/c24-15(12-8-14(20-9-12)16(25)21-5-1-2-6-21)11-23-18(27)17(26)22(19(23)28)10-13-4-3-7-29-13/h3-4,7-9,20H,1-2,5-6,10-11H2. The van der Waals surface area contributed by atoms with Crippen LogP contribution in [0.5, 0.6) is 0 Å². The molecule has 5 amide bonds. The SMILES string of the molecule is O=C(CN1C(=O)C(=O)N(Cc2ccco2)C1=O)c1c[nH]c(C(=O)N2CCCC2)c1. The summed E-state index contributed by atoms with van der Waals surface area (Å²) >= 11 is 0. The second-order valence-electron chi connectivity index (χ2n) is 6.87. The molecule has 2 aliphatic heterocycles. The first-order valence-electron chi connectivity index (χ1n) is 9.16. The Labute approximate surface area is 165 Å². The smallest absolute Gasteiger partial charge is 0.335 e. The first kappa shape index (κ1) is 18.7. The topological polar surface area (TPSA) is 124 Å². The van der Waals surface area contributed by atoms with Crippen molar-refractivity contribution in [1.29, 1.82) is 0 Å². The molecule has 0 saturated carbocycles. The molecule has 10 nitrogen and oxygen atoms in total. The van der Waals surface area contributed by atoms with Crippen molar-refractivity contribution >= 4 is 29.5 Å². The molecule has 0 spiro atoms. The Kier molecular flexibility index (Phi) is 4.75. The minimum absolute atomic E-state index is 0.157. The zero-order valence-electron chi connectivity index (χ0n) is 15.4. The Morgan fingerprint density at radius 3 is 2.48 bits per heavy atom. The summed E-state index contributed by atoms with van der Waals surface area (Å²) < 4.78 is 5.10. The van der Waals surface area contributed by atoms with Crippen molar-refractivity contribution < 1.29 is 28.4 Å². The average molecular weight is 398 g/mol. The molecule has 0 bridgehead atoms. The monoisotopic (exact) mass is 398 g/mol. The van der Waals surface area contributed by atoms with E-state index in [2.05, 4.69) is 4.98 Å². The van der Waals surface area contributed by atoms with Gasteiger partial charge in [-0.25, -0.2) is 14.6 Å². The number of carbonyl (C=O) groups excluding carboxylic acids is 5. The maximum Gasteiger partial charge on any atom is 0.335 e. The van der Waals surface area contributed by atoms with Crippen LogP contribution in [0.1, 0.15) is 39.4 Å². The number of H-pyrrole nitrogens is 1. The summed E-state index contributed by atoms with van der Waals surface area (Å²) in [5.41, 5.74) is 0.426. The number of likely N-dealkylation sites (tertiary alicyclic amines) is 1. The highest BCUT2D eigenvalue weighted by Crippen LogP contribution is 2.18. The van der Waals surface area contributed by atoms with Crippen LogP contribution in [0.3, 0.4) is 0 Å². The van der Waals surface area contributed by atoms with Crippen molar-refractivity contribution in [2.24, 2.45) is 0 Å². The van der Waals surface area contributed by atoms with Crippen molar-refractivity contribution in [3.05, 3.63) is 47.7 Å². The third-order valence-electron chi connectivity index (χ3n) is 4.96. The van der Waals surface area contributed by atoms with E-state index in [4.69, 9.17) is 4.42 Å². The van der Waals surface area contributed by atoms with Gasteiger partial charge in [0.1, 0.15) is 11.5 Å². The van der Waals surface area contributed by atoms with Crippen LogP contribution in [0.4, 0.5) is 4.79 Å². The Bertz CT molecular complexity index is 986. The normalized spacial score (nSPS) is 17.0. The van der Waals surface area contributed by atoms with E-state index >= 15 is 0 Å². The lowest BCUT2D eigenvalue weighted by Crippen LogP contribution is -2.36. The van der Waals surface area contributed by atoms with Crippen LogP contribution < -0.4 is 0 Å². The highest BCUT2D eigenvalue weighted by atomic mass is 16.3. The third-order valence-corrected chi connectivity index (χ3v) is 4.96. The van der Waals surface area contributed by atoms with Gasteiger partial charge in [-0.2, -0.15) is 0 Å². The van der Waals surface area contributed by atoms with E-state index in [0.29, 0.717) is 23.7 Å². The van der Waals surface area contributed by atoms with Gasteiger partial charge in [0.2, 0.25) is 0 Å². The molecular formula is C19H18N4O6. The molecule has 0 aliphatic carbocycles. The van der Waals surface area contributed by atoms with Crippen molar-refractivity contribution in [1.82, 2.24) is 19.7 Å². The van der Waals surface area contributed by atoms with Crippen molar-refractivity contribution in [3.63, 3.8) is 0 Å². The van der Waals surface area contributed by atoms with E-state index in [-0.39, 0.29) is 23.7 Å². The number of imide groups is 2. The second kappa shape index (κ2) is 7.38. The van der Waals surface area contributed by atoms with Crippen LogP contribution in [0.25, 0.3) is 0 Å². The van der Waals surface area contributed by atoms with Crippen LogP contribution >= 0.6 is 0 Å². The molecule has 0 unspecified atom stereocenters. The minimum atomic E-state index is -1.07. The number of urea groups is 1. The van der Waals surface area contributed by atoms with Gasteiger partial charge in [-0.1, -0.05) is 0 Å². The highest BCUT2D eigenvalue weighted by molar-refractivity contribution is 6.45. The first-order chi connectivity index (χ1) is 14.0. The zero-order valence-corrected chi connectivity index (χ0v) is 15.4. The summed E-state index contributed by atoms with van der Waals surface area (Å²) in [5, 5.41) is 0. The molecule has 10 heteroatoms. The molecule has 0 atom stereocenters. The number of amides is 5. The van der Waals surface area contributed by atoms with Crippen molar-refractivity contribution in [2.45, 2.75) is 19.4 Å². The maximum absolute atomic E-state index is 12.5. The fraction of sp³-hybridized carbons (Fsp3) is 0.316. The van der Waals surface area contributed by atoms with Crippen LogP contribution in [0.2, 0.25) is 0 Å². The molecule has 2 aliphatic rings. The number of rotatable bonds is 6. The highest BCUT2D eigenvalue weighted by Gasteiger charge is 2.45. The first-order valence-corrected chi connectivity index (χ1v) is 9.16. The van der Waals surface area contributed by atoms with Gasteiger partial charge >= 0.3 is 17.8 Å². The second-order valence-corrected chi connectivity index (χ2v) is 6.87. The summed E-state index contributed by atoms with van der Waals surface area (Å²) in [6.45, 7) is 0.560. The minimum Gasteiger partial charge on any atom is -0.467 e. The fourth-order valence-corrected chi connectivity index (χ4v) is 3.39. The molecule has 150 valence electrons. The Morgan fingerprint density at radius 2 is 1.79 bits per heavy atom. The summed E-state index contributed by atoms with van der Waals surface area (Å²) in [7, 11) is 0. The summed E-state index contributed by atoms with van der Waals surface area (Å²) in [4.78, 5) is 67.4. The van der Waals surface area contributed by atoms with Gasteiger partial charge in [0, 0.05) is 24.8 Å². The molecule has 2 fully saturated rings. The van der Waals surface area contributed by atoms with Crippen molar-refractivity contribution in [2.75, 3.05) is 19.6 Å². The molecule has 4 heterocycles. The number of hydrogen-bond acceptors (Lipinski definition) is 6. The molecule has 0 radical (unpaired) electrons. The molecule has 2 aromatic rings. The quantitative estimate of drug-likeness (QED) is 0.440. The van der Waals surface area contributed by atoms with Gasteiger partial charge < -0.3 is 14.3 Å². The van der Waals surface area contributed by atoms with E-state index < -0.39 is 30.2 Å². The van der Waals surface area contributed by atoms with Gasteiger partial charge in [0.25, 0.3) is 5.91 Å². The van der Waals surface area contributed by atoms with Gasteiger partial charge in [-0.3, -0.25) is 19.2 Å². The molecule has 29 heavy (non-hydrogen) atoms. The van der Waals surface area contributed by atoms with Gasteiger partial charge in [-0.05, 0) is 31.0 Å². The molecule has 1 N–H and O–H groups in total. The predicted molar refractivity (Wildman–Crippen MR) is 96.6 cm³/mol. The number of ketones is 1. The maximum atomic E-state index is 12.5. The van der Waals surface area contributed by atoms with Crippen LogP contribution in [-0.2, 0) is 16.1 Å². The summed E-state index contributed by atoms with van der Waals surface area (Å²) in [6, 6.07) is 3.68. The van der Waals surface area contributed by atoms with Crippen molar-refractivity contribution in [3.8, 4) is 0 Å². The van der Waals surface area contributed by atoms with Gasteiger partial charge in [0.15, 0.2) is 5.78 Å². The number of carbonyl (C=O) groups is 5. The number of aromatic amines is 1. The van der Waals surface area contributed by atoms with E-state index in [1.807, 2.05) is 0 Å². The fourth-order valence-electron chi connectivity index (χ4n) is 3.39. The molecule has 2 saturated heterocycles. The lowest BCUT2D eigenvalue weighted by atomic mass is 10.2. The molecular weight excluding hydrogens is 380 g/mol. The van der Waals surface area contributed by atoms with Gasteiger partial charge in [-0.15, -0.1) is 0 Å². The molecule has 2 aromatic heterocycles. The van der Waals surface area contributed by atoms with Gasteiger partial charge in [0.05, 0.1) is 19.4 Å². The number of hydrogen-bond donors (Lipinski definition) is 1. The number of nitrogens with zero attached hydrogens (tertiary/aromatic N) is 3. The van der Waals surface area contributed by atoms with Crippen LogP contribution in [0.15, 0.2) is 35.1 Å². The third kappa shape index (κ3) is 3.44. The van der Waals surface area contributed by atoms with E-state index in [0.717, 1.165) is 17.7 Å². The Balaban J connectivity index is 1.44. The molecule has 4 rings (SSSR count). The number of furan rings is 1. The van der Waals surface area contributed by atoms with E-state index in [1.165, 1.54) is 18.5 Å². The Morgan fingerprint density at radius 1 is 1.07 bits per heavy atom. The van der Waals surface area contributed by atoms with Crippen LogP contribution in [-0.4, -0.2) is 68.9 Å². The number of Topliss-reactive ketones (excluding diaryl/α,β-unsaturated/α-hetero) is 1. The zero-order chi connectivity index (χ0) is 20.5. The lowest BCUT2D eigenvalue weighted by Gasteiger charge is -2.14. The average Bonchev–Trinajstić information content (AvgIpc) is 3.51. The van der Waals surface area contributed by atoms with E-state index in [1.54, 1.807) is 17.0 Å². The lowest BCUT2D eigenvalue weighted by molar-refractivity contribution is -0.143. The summed E-state index contributed by atoms with van der Waals surface area (Å²) in [6.07, 6.45) is 4.63. The predicted octanol–water partition coefficient (Wildman–Crippen LogP) is 1.02. The summed E-state index contributed by atoms with van der Waals surface area (Å²) in [5.74, 6) is -2.51. The Hall–Kier alpha value is -3.69. The van der Waals surface area contributed by atoms with Crippen LogP contribution in [0, 0.1) is 0 Å². The van der Waals surface area contributed by atoms with E-state index in [9.17, 15) is 24.0 Å². The molecule has 0 aromatic carbocycles.